The number of rotatable bonds is 5. The van der Waals surface area contributed by atoms with Crippen molar-refractivity contribution in [2.75, 3.05) is 0 Å². The van der Waals surface area contributed by atoms with Crippen LogP contribution in [0.3, 0.4) is 0 Å². The average Bonchev–Trinajstić information content (AvgIpc) is 3.14. The minimum Gasteiger partial charge on any atom is -0.347 e. The Labute approximate surface area is 162 Å². The number of aromatic nitrogens is 2. The molecule has 0 atom stereocenters. The number of hydrogen-bond donors (Lipinski definition) is 1. The predicted molar refractivity (Wildman–Crippen MR) is 106 cm³/mol. The number of carbonyl (C=O) groups is 1. The summed E-state index contributed by atoms with van der Waals surface area (Å²) in [5, 5.41) is 3.47. The molecular formula is C21H17N3O3S. The highest BCUT2D eigenvalue weighted by Gasteiger charge is 2.26. The molecule has 7 heteroatoms. The number of para-hydroxylation sites is 1. The Morgan fingerprint density at radius 1 is 0.929 bits per heavy atom. The Morgan fingerprint density at radius 3 is 2.36 bits per heavy atom. The molecule has 28 heavy (non-hydrogen) atoms. The van der Waals surface area contributed by atoms with Gasteiger partial charge in [0.25, 0.3) is 15.9 Å². The first-order chi connectivity index (χ1) is 13.6. The van der Waals surface area contributed by atoms with Crippen LogP contribution < -0.4 is 5.32 Å². The number of pyridine rings is 1. The van der Waals surface area contributed by atoms with Crippen LogP contribution in [0.2, 0.25) is 0 Å². The summed E-state index contributed by atoms with van der Waals surface area (Å²) >= 11 is 0. The first-order valence-corrected chi connectivity index (χ1v) is 10.1. The average molecular weight is 391 g/mol. The number of fused-ring (bicyclic) bond motifs is 1. The third kappa shape index (κ3) is 3.27. The monoisotopic (exact) mass is 391 g/mol. The molecule has 0 saturated carbocycles. The van der Waals surface area contributed by atoms with E-state index >= 15 is 0 Å². The number of nitrogens with one attached hydrogen (secondary N) is 1. The first kappa shape index (κ1) is 17.9. The van der Waals surface area contributed by atoms with Gasteiger partial charge in [-0.25, -0.2) is 12.4 Å². The van der Waals surface area contributed by atoms with Crippen LogP contribution in [0.15, 0.2) is 90.1 Å². The highest BCUT2D eigenvalue weighted by Crippen LogP contribution is 2.25. The van der Waals surface area contributed by atoms with E-state index in [2.05, 4.69) is 10.3 Å². The summed E-state index contributed by atoms with van der Waals surface area (Å²) in [6.07, 6.45) is 3.27. The molecule has 0 saturated heterocycles. The van der Waals surface area contributed by atoms with Crippen molar-refractivity contribution in [2.24, 2.45) is 0 Å². The van der Waals surface area contributed by atoms with E-state index in [1.807, 2.05) is 0 Å². The van der Waals surface area contributed by atoms with Crippen molar-refractivity contribution < 1.29 is 13.2 Å². The SMILES string of the molecule is O=C(NCc1ccncc1)c1cc2ccccc2n1S(=O)(=O)c1ccccc1. The molecule has 0 radical (unpaired) electrons. The Hall–Kier alpha value is -3.45. The van der Waals surface area contributed by atoms with Crippen molar-refractivity contribution in [3.05, 3.63) is 96.4 Å². The van der Waals surface area contributed by atoms with Crippen LogP contribution in [-0.2, 0) is 16.6 Å². The lowest BCUT2D eigenvalue weighted by Gasteiger charge is -2.12. The van der Waals surface area contributed by atoms with Gasteiger partial charge in [-0.05, 0) is 42.0 Å². The molecule has 0 spiro atoms. The predicted octanol–water partition coefficient (Wildman–Crippen LogP) is 3.20. The Morgan fingerprint density at radius 2 is 1.61 bits per heavy atom. The maximum atomic E-state index is 13.3. The van der Waals surface area contributed by atoms with Crippen LogP contribution in [0.4, 0.5) is 0 Å². The van der Waals surface area contributed by atoms with Crippen molar-refractivity contribution in [3.63, 3.8) is 0 Å². The van der Waals surface area contributed by atoms with Gasteiger partial charge in [0, 0.05) is 24.3 Å². The largest absolute Gasteiger partial charge is 0.347 e. The summed E-state index contributed by atoms with van der Waals surface area (Å²) in [7, 11) is -3.94. The maximum Gasteiger partial charge on any atom is 0.269 e. The van der Waals surface area contributed by atoms with Gasteiger partial charge in [0.2, 0.25) is 0 Å². The van der Waals surface area contributed by atoms with Gasteiger partial charge in [0.1, 0.15) is 5.69 Å². The molecule has 2 aromatic heterocycles. The molecule has 6 nitrogen and oxygen atoms in total. The van der Waals surface area contributed by atoms with E-state index in [4.69, 9.17) is 0 Å². The number of benzene rings is 2. The van der Waals surface area contributed by atoms with E-state index in [-0.39, 0.29) is 17.1 Å². The minimum atomic E-state index is -3.94. The molecule has 0 aliphatic heterocycles. The highest BCUT2D eigenvalue weighted by atomic mass is 32.2. The smallest absolute Gasteiger partial charge is 0.269 e. The summed E-state index contributed by atoms with van der Waals surface area (Å²) in [6, 6.07) is 20.3. The van der Waals surface area contributed by atoms with Crippen LogP contribution in [0, 0.1) is 0 Å². The molecule has 140 valence electrons. The molecule has 0 aliphatic carbocycles. The van der Waals surface area contributed by atoms with Gasteiger partial charge in [-0.2, -0.15) is 0 Å². The van der Waals surface area contributed by atoms with Crippen molar-refractivity contribution in [2.45, 2.75) is 11.4 Å². The maximum absolute atomic E-state index is 13.3. The quantitative estimate of drug-likeness (QED) is 0.566. The van der Waals surface area contributed by atoms with Crippen LogP contribution >= 0.6 is 0 Å². The van der Waals surface area contributed by atoms with E-state index in [1.54, 1.807) is 73.1 Å². The fourth-order valence-electron chi connectivity index (χ4n) is 3.02. The zero-order valence-corrected chi connectivity index (χ0v) is 15.6. The van der Waals surface area contributed by atoms with Crippen molar-refractivity contribution >= 4 is 26.8 Å². The van der Waals surface area contributed by atoms with Crippen LogP contribution in [0.5, 0.6) is 0 Å². The Kier molecular flexibility index (Phi) is 4.67. The second kappa shape index (κ2) is 7.28. The number of amides is 1. The zero-order valence-electron chi connectivity index (χ0n) is 14.8. The summed E-state index contributed by atoms with van der Waals surface area (Å²) in [6.45, 7) is 0.272. The molecule has 0 fully saturated rings. The van der Waals surface area contributed by atoms with Crippen molar-refractivity contribution in [1.82, 2.24) is 14.3 Å². The summed E-state index contributed by atoms with van der Waals surface area (Å²) in [4.78, 5) is 16.9. The topological polar surface area (TPSA) is 81.1 Å². The summed E-state index contributed by atoms with van der Waals surface area (Å²) in [5.41, 5.74) is 1.40. The zero-order chi connectivity index (χ0) is 19.6. The minimum absolute atomic E-state index is 0.0686. The molecular weight excluding hydrogens is 374 g/mol. The van der Waals surface area contributed by atoms with Crippen LogP contribution in [-0.4, -0.2) is 23.3 Å². The first-order valence-electron chi connectivity index (χ1n) is 8.65. The molecule has 2 heterocycles. The lowest BCUT2D eigenvalue weighted by atomic mass is 10.2. The number of carbonyl (C=O) groups excluding carboxylic acids is 1. The van der Waals surface area contributed by atoms with E-state index in [0.717, 1.165) is 9.54 Å². The number of nitrogens with zero attached hydrogens (tertiary/aromatic N) is 2. The van der Waals surface area contributed by atoms with Gasteiger partial charge < -0.3 is 5.32 Å². The molecule has 2 aromatic carbocycles. The van der Waals surface area contributed by atoms with E-state index in [9.17, 15) is 13.2 Å². The lowest BCUT2D eigenvalue weighted by Crippen LogP contribution is -2.27. The molecule has 4 aromatic rings. The second-order valence-corrected chi connectivity index (χ2v) is 8.00. The van der Waals surface area contributed by atoms with Gasteiger partial charge in [0.15, 0.2) is 0 Å². The molecule has 1 N–H and O–H groups in total. The van der Waals surface area contributed by atoms with Gasteiger partial charge in [-0.1, -0.05) is 36.4 Å². The third-order valence-electron chi connectivity index (χ3n) is 4.38. The highest BCUT2D eigenvalue weighted by molar-refractivity contribution is 7.90. The second-order valence-electron chi connectivity index (χ2n) is 6.21. The van der Waals surface area contributed by atoms with Gasteiger partial charge >= 0.3 is 0 Å². The van der Waals surface area contributed by atoms with E-state index in [1.165, 1.54) is 12.1 Å². The molecule has 0 bridgehead atoms. The fraction of sp³-hybridized carbons (Fsp3) is 0.0476. The molecule has 0 aliphatic rings. The van der Waals surface area contributed by atoms with Gasteiger partial charge in [-0.3, -0.25) is 9.78 Å². The summed E-state index contributed by atoms with van der Waals surface area (Å²) < 4.78 is 27.7. The normalized spacial score (nSPS) is 11.4. The van der Waals surface area contributed by atoms with Gasteiger partial charge in [-0.15, -0.1) is 0 Å². The molecule has 0 unspecified atom stereocenters. The van der Waals surface area contributed by atoms with E-state index in [0.29, 0.717) is 10.9 Å². The molecule has 1 amide bonds. The molecule has 4 rings (SSSR count). The van der Waals surface area contributed by atoms with Crippen molar-refractivity contribution in [1.29, 1.82) is 0 Å². The summed E-state index contributed by atoms with van der Waals surface area (Å²) in [5.74, 6) is -0.465. The van der Waals surface area contributed by atoms with Crippen molar-refractivity contribution in [3.8, 4) is 0 Å². The fourth-order valence-corrected chi connectivity index (χ4v) is 4.55. The van der Waals surface area contributed by atoms with E-state index < -0.39 is 15.9 Å². The Bertz CT molecular complexity index is 1230. The van der Waals surface area contributed by atoms with Gasteiger partial charge in [0.05, 0.1) is 10.4 Å². The lowest BCUT2D eigenvalue weighted by molar-refractivity contribution is 0.0945. The van der Waals surface area contributed by atoms with Crippen LogP contribution in [0.1, 0.15) is 16.1 Å². The standard InChI is InChI=1S/C21H17N3O3S/c25-21(23-15-16-10-12-22-13-11-16)20-14-17-6-4-5-9-19(17)24(20)28(26,27)18-7-2-1-3-8-18/h1-14H,15H2,(H,23,25). The Balaban J connectivity index is 1.79. The number of hydrogen-bond acceptors (Lipinski definition) is 4. The third-order valence-corrected chi connectivity index (χ3v) is 6.13. The van der Waals surface area contributed by atoms with Crippen LogP contribution in [0.25, 0.3) is 10.9 Å².